The number of alkyl halides is 3. The third-order valence-corrected chi connectivity index (χ3v) is 9.58. The molecule has 2 heterocycles. The molecule has 1 saturated carbocycles. The molecule has 10 nitrogen and oxygen atoms in total. The van der Waals surface area contributed by atoms with Crippen molar-refractivity contribution in [3.63, 3.8) is 0 Å². The van der Waals surface area contributed by atoms with Gasteiger partial charge >= 0.3 is 12.1 Å². The highest BCUT2D eigenvalue weighted by Gasteiger charge is 2.51. The first-order chi connectivity index (χ1) is 19.8. The van der Waals surface area contributed by atoms with Gasteiger partial charge < -0.3 is 35.3 Å². The zero-order valence-electron chi connectivity index (χ0n) is 23.4. The number of rotatable bonds is 9. The van der Waals surface area contributed by atoms with Crippen LogP contribution in [0, 0.1) is 12.3 Å². The van der Waals surface area contributed by atoms with Crippen molar-refractivity contribution in [2.24, 2.45) is 11.1 Å². The fourth-order valence-corrected chi connectivity index (χ4v) is 7.13. The van der Waals surface area contributed by atoms with E-state index in [4.69, 9.17) is 10.5 Å². The quantitative estimate of drug-likeness (QED) is 0.229. The molecule has 4 N–H and O–H groups in total. The molecule has 0 amide bonds. The van der Waals surface area contributed by atoms with Crippen LogP contribution in [0.15, 0.2) is 48.7 Å². The lowest BCUT2D eigenvalue weighted by Crippen LogP contribution is -2.65. The standard InChI is InChI=1S/C28H32F3N6O4P/c1-17-10-19(8-9-21(17)37-14-27(15-37)11-18(32)12-27)34-26-33-13-22(40-2)24(36-26)35-20-6-4-5-7-23(20)42(3,39)16-41-25(38)28(29,30)31/h4-10,13,18H,11-12,14-16,32H2,1-3H3,(H2,33,34,35,36). The number of nitrogens with zero attached hydrogens (tertiary/aromatic N) is 3. The van der Waals surface area contributed by atoms with Crippen LogP contribution in [0.4, 0.5) is 42.0 Å². The molecule has 0 radical (unpaired) electrons. The molecular weight excluding hydrogens is 572 g/mol. The molecule has 1 aromatic heterocycles. The molecule has 1 atom stereocenters. The van der Waals surface area contributed by atoms with Gasteiger partial charge in [-0.2, -0.15) is 18.2 Å². The summed E-state index contributed by atoms with van der Waals surface area (Å²) in [7, 11) is -2.14. The summed E-state index contributed by atoms with van der Waals surface area (Å²) in [6.45, 7) is 5.32. The first-order valence-corrected chi connectivity index (χ1v) is 15.6. The van der Waals surface area contributed by atoms with Crippen molar-refractivity contribution in [3.05, 3.63) is 54.2 Å². The molecule has 0 bridgehead atoms. The predicted molar refractivity (Wildman–Crippen MR) is 155 cm³/mol. The normalized spacial score (nSPS) is 17.5. The van der Waals surface area contributed by atoms with Crippen molar-refractivity contribution < 1.29 is 32.0 Å². The number of nitrogens with two attached hydrogens (primary N) is 1. The van der Waals surface area contributed by atoms with E-state index in [-0.39, 0.29) is 22.8 Å². The fraction of sp³-hybridized carbons (Fsp3) is 0.393. The van der Waals surface area contributed by atoms with Gasteiger partial charge in [0.15, 0.2) is 11.6 Å². The number of carbonyl (C=O) groups excluding carboxylic acids is 1. The summed E-state index contributed by atoms with van der Waals surface area (Å²) in [5.41, 5.74) is 9.72. The summed E-state index contributed by atoms with van der Waals surface area (Å²) in [6.07, 6.45) is -2.48. The van der Waals surface area contributed by atoms with Crippen molar-refractivity contribution >= 4 is 47.2 Å². The number of carbonyl (C=O) groups is 1. The van der Waals surface area contributed by atoms with Crippen molar-refractivity contribution in [3.8, 4) is 5.75 Å². The van der Waals surface area contributed by atoms with E-state index in [1.54, 1.807) is 18.2 Å². The second-order valence-electron chi connectivity index (χ2n) is 11.1. The highest BCUT2D eigenvalue weighted by atomic mass is 31.2. The Morgan fingerprint density at radius 3 is 2.55 bits per heavy atom. The molecule has 42 heavy (non-hydrogen) atoms. The summed E-state index contributed by atoms with van der Waals surface area (Å²) >= 11 is 0. The minimum atomic E-state index is -5.18. The number of esters is 1. The maximum absolute atomic E-state index is 13.4. The molecule has 1 aliphatic heterocycles. The van der Waals surface area contributed by atoms with Crippen molar-refractivity contribution in [2.45, 2.75) is 32.0 Å². The Hall–Kier alpha value is -3.83. The average molecular weight is 605 g/mol. The van der Waals surface area contributed by atoms with Gasteiger partial charge in [-0.3, -0.25) is 0 Å². The molecule has 1 saturated heterocycles. The number of methoxy groups -OCH3 is 1. The Labute approximate surface area is 241 Å². The van der Waals surface area contributed by atoms with Crippen LogP contribution in [0.5, 0.6) is 5.75 Å². The van der Waals surface area contributed by atoms with Crippen LogP contribution < -0.4 is 31.3 Å². The van der Waals surface area contributed by atoms with E-state index in [1.165, 1.54) is 31.7 Å². The number of aromatic nitrogens is 2. The molecule has 1 spiro atoms. The van der Waals surface area contributed by atoms with E-state index < -0.39 is 25.6 Å². The van der Waals surface area contributed by atoms with E-state index in [0.717, 1.165) is 37.2 Å². The Kier molecular flexibility index (Phi) is 7.84. The van der Waals surface area contributed by atoms with Crippen LogP contribution in [-0.4, -0.2) is 61.4 Å². The van der Waals surface area contributed by atoms with Crippen molar-refractivity contribution in [2.75, 3.05) is 48.7 Å². The second kappa shape index (κ2) is 11.1. The number of ether oxygens (including phenoxy) is 2. The van der Waals surface area contributed by atoms with Gasteiger partial charge in [0.2, 0.25) is 5.95 Å². The first kappa shape index (κ1) is 29.7. The van der Waals surface area contributed by atoms with Crippen LogP contribution >= 0.6 is 7.14 Å². The molecule has 5 rings (SSSR count). The van der Waals surface area contributed by atoms with Crippen LogP contribution in [0.25, 0.3) is 0 Å². The first-order valence-electron chi connectivity index (χ1n) is 13.2. The Morgan fingerprint density at radius 2 is 1.90 bits per heavy atom. The Morgan fingerprint density at radius 1 is 1.19 bits per heavy atom. The monoisotopic (exact) mass is 604 g/mol. The minimum absolute atomic E-state index is 0.179. The van der Waals surface area contributed by atoms with Gasteiger partial charge in [-0.1, -0.05) is 12.1 Å². The van der Waals surface area contributed by atoms with E-state index in [9.17, 15) is 22.5 Å². The minimum Gasteiger partial charge on any atom is -0.491 e. The maximum atomic E-state index is 13.4. The zero-order valence-corrected chi connectivity index (χ0v) is 24.3. The topological polar surface area (TPSA) is 132 Å². The third kappa shape index (κ3) is 6.17. The molecule has 1 aliphatic carbocycles. The van der Waals surface area contributed by atoms with Crippen molar-refractivity contribution in [1.82, 2.24) is 9.97 Å². The SMILES string of the molecule is COc1cnc(Nc2ccc(N3CC4(CC(N)C4)C3)c(C)c2)nc1Nc1ccccc1P(C)(=O)COC(=O)C(F)(F)F. The van der Waals surface area contributed by atoms with Crippen molar-refractivity contribution in [1.29, 1.82) is 0 Å². The molecule has 224 valence electrons. The number of anilines is 5. The van der Waals surface area contributed by atoms with Gasteiger partial charge in [0.25, 0.3) is 0 Å². The van der Waals surface area contributed by atoms with Gasteiger partial charge in [-0.15, -0.1) is 0 Å². The summed E-state index contributed by atoms with van der Waals surface area (Å²) in [5.74, 6) is -1.64. The number of nitrogens with one attached hydrogen (secondary N) is 2. The lowest BCUT2D eigenvalue weighted by Gasteiger charge is -2.59. The van der Waals surface area contributed by atoms with Crippen LogP contribution in [0.2, 0.25) is 0 Å². The predicted octanol–water partition coefficient (Wildman–Crippen LogP) is 4.89. The smallest absolute Gasteiger partial charge is 0.490 e. The van der Waals surface area contributed by atoms with E-state index in [0.29, 0.717) is 17.1 Å². The lowest BCUT2D eigenvalue weighted by atomic mass is 9.61. The van der Waals surface area contributed by atoms with Gasteiger partial charge in [0.05, 0.1) is 19.0 Å². The maximum Gasteiger partial charge on any atom is 0.490 e. The molecule has 2 fully saturated rings. The molecule has 1 unspecified atom stereocenters. The van der Waals surface area contributed by atoms with Gasteiger partial charge in [0, 0.05) is 41.2 Å². The Bertz CT molecular complexity index is 1540. The zero-order chi connectivity index (χ0) is 30.3. The van der Waals surface area contributed by atoms with Crippen LogP contribution in [0.3, 0.4) is 0 Å². The fourth-order valence-electron chi connectivity index (χ4n) is 5.58. The molecule has 2 aromatic carbocycles. The van der Waals surface area contributed by atoms with E-state index in [1.807, 2.05) is 19.1 Å². The van der Waals surface area contributed by atoms with Gasteiger partial charge in [-0.05, 0) is 62.3 Å². The highest BCUT2D eigenvalue weighted by molar-refractivity contribution is 7.71. The number of hydrogen-bond donors (Lipinski definition) is 3. The van der Waals surface area contributed by atoms with Crippen LogP contribution in [0.1, 0.15) is 18.4 Å². The molecule has 2 aliphatic rings. The summed E-state index contributed by atoms with van der Waals surface area (Å²) in [5, 5.41) is 6.42. The van der Waals surface area contributed by atoms with E-state index in [2.05, 4.69) is 36.3 Å². The average Bonchev–Trinajstić information content (AvgIpc) is 2.89. The number of para-hydroxylation sites is 1. The van der Waals surface area contributed by atoms with E-state index >= 15 is 0 Å². The Balaban J connectivity index is 1.31. The number of hydrogen-bond acceptors (Lipinski definition) is 10. The summed E-state index contributed by atoms with van der Waals surface area (Å²) in [6, 6.07) is 12.7. The molecule has 3 aromatic rings. The summed E-state index contributed by atoms with van der Waals surface area (Å²) in [4.78, 5) is 22.4. The number of halogens is 3. The molecule has 14 heteroatoms. The third-order valence-electron chi connectivity index (χ3n) is 7.55. The largest absolute Gasteiger partial charge is 0.491 e. The lowest BCUT2D eigenvalue weighted by molar-refractivity contribution is -0.197. The number of benzene rings is 2. The summed E-state index contributed by atoms with van der Waals surface area (Å²) < 4.78 is 60.9. The van der Waals surface area contributed by atoms with Gasteiger partial charge in [0.1, 0.15) is 13.5 Å². The second-order valence-corrected chi connectivity index (χ2v) is 14.0. The highest BCUT2D eigenvalue weighted by Crippen LogP contribution is 2.49. The number of aryl methyl sites for hydroxylation is 1. The van der Waals surface area contributed by atoms with Gasteiger partial charge in [-0.25, -0.2) is 9.78 Å². The van der Waals surface area contributed by atoms with Crippen LogP contribution in [-0.2, 0) is 14.1 Å². The molecular formula is C28H32F3N6O4P.